The molecule has 2 amide bonds. The number of fused-ring (bicyclic) bond motifs is 1. The Morgan fingerprint density at radius 1 is 1.09 bits per heavy atom. The molecule has 2 aromatic heterocycles. The first-order valence-electron chi connectivity index (χ1n) is 10.6. The zero-order valence-corrected chi connectivity index (χ0v) is 17.3. The second kappa shape index (κ2) is 8.41. The van der Waals surface area contributed by atoms with Gasteiger partial charge in [0.25, 0.3) is 0 Å². The van der Waals surface area contributed by atoms with E-state index in [4.69, 9.17) is 4.98 Å². The van der Waals surface area contributed by atoms with Gasteiger partial charge in [0, 0.05) is 36.8 Å². The second-order valence-electron chi connectivity index (χ2n) is 7.86. The first-order chi connectivity index (χ1) is 15.6. The summed E-state index contributed by atoms with van der Waals surface area (Å²) in [5, 5.41) is 9.78. The van der Waals surface area contributed by atoms with E-state index in [1.807, 2.05) is 23.1 Å². The number of urea groups is 1. The highest BCUT2D eigenvalue weighted by molar-refractivity contribution is 6.01. The van der Waals surface area contributed by atoms with Crippen LogP contribution in [-0.4, -0.2) is 33.2 Å². The summed E-state index contributed by atoms with van der Waals surface area (Å²) < 4.78 is 29.9. The fraction of sp³-hybridized carbons (Fsp3) is 0.261. The third kappa shape index (κ3) is 3.93. The molecular formula is C23H22F2N6O. The molecule has 1 saturated heterocycles. The molecule has 5 rings (SSSR count). The Balaban J connectivity index is 1.40. The van der Waals surface area contributed by atoms with Gasteiger partial charge >= 0.3 is 6.03 Å². The van der Waals surface area contributed by atoms with E-state index in [1.54, 1.807) is 28.9 Å². The quantitative estimate of drug-likeness (QED) is 0.589. The molecule has 1 aromatic carbocycles. The van der Waals surface area contributed by atoms with Crippen LogP contribution >= 0.6 is 0 Å². The summed E-state index contributed by atoms with van der Waals surface area (Å²) in [6.07, 6.45) is 6.40. The zero-order valence-electron chi connectivity index (χ0n) is 17.3. The molecule has 9 heteroatoms. The Morgan fingerprint density at radius 2 is 1.94 bits per heavy atom. The first kappa shape index (κ1) is 20.2. The van der Waals surface area contributed by atoms with Crippen molar-refractivity contribution < 1.29 is 13.6 Å². The summed E-state index contributed by atoms with van der Waals surface area (Å²) in [7, 11) is 0. The number of aromatic nitrogens is 3. The van der Waals surface area contributed by atoms with Crippen LogP contribution in [-0.2, 0) is 0 Å². The molecule has 2 N–H and O–H groups in total. The molecule has 0 unspecified atom stereocenters. The van der Waals surface area contributed by atoms with Gasteiger partial charge in [-0.2, -0.15) is 5.10 Å². The van der Waals surface area contributed by atoms with Crippen molar-refractivity contribution in [3.63, 3.8) is 0 Å². The Bertz CT molecular complexity index is 1220. The van der Waals surface area contributed by atoms with E-state index in [1.165, 1.54) is 12.3 Å². The molecule has 1 atom stereocenters. The van der Waals surface area contributed by atoms with Crippen molar-refractivity contribution in [2.24, 2.45) is 0 Å². The van der Waals surface area contributed by atoms with Crippen LogP contribution in [0, 0.1) is 0 Å². The topological polar surface area (TPSA) is 74.6 Å². The minimum absolute atomic E-state index is 0.0989. The van der Waals surface area contributed by atoms with Crippen molar-refractivity contribution in [2.75, 3.05) is 22.1 Å². The molecule has 0 radical (unpaired) electrons. The van der Waals surface area contributed by atoms with Gasteiger partial charge in [-0.3, -0.25) is 0 Å². The van der Waals surface area contributed by atoms with Crippen molar-refractivity contribution in [3.05, 3.63) is 72.1 Å². The lowest BCUT2D eigenvalue weighted by Gasteiger charge is -2.28. The number of amides is 2. The molecule has 7 nitrogen and oxygen atoms in total. The largest absolute Gasteiger partial charge is 0.349 e. The molecule has 1 aliphatic heterocycles. The Morgan fingerprint density at radius 3 is 2.78 bits per heavy atom. The van der Waals surface area contributed by atoms with Gasteiger partial charge in [0.2, 0.25) is 0 Å². The van der Waals surface area contributed by atoms with E-state index in [2.05, 4.69) is 15.7 Å². The van der Waals surface area contributed by atoms with E-state index >= 15 is 0 Å². The van der Waals surface area contributed by atoms with Crippen molar-refractivity contribution in [1.82, 2.24) is 14.6 Å². The van der Waals surface area contributed by atoms with Gasteiger partial charge in [-0.25, -0.2) is 23.1 Å². The number of nitrogens with one attached hydrogen (secondary N) is 2. The minimum atomic E-state index is -0.410. The Hall–Kier alpha value is -3.75. The number of carbonyl (C=O) groups is 1. The number of hydrogen-bond donors (Lipinski definition) is 2. The molecule has 3 heterocycles. The van der Waals surface area contributed by atoms with Crippen LogP contribution in [0.3, 0.4) is 0 Å². The van der Waals surface area contributed by atoms with Gasteiger partial charge in [-0.15, -0.1) is 0 Å². The smallest absolute Gasteiger partial charge is 0.323 e. The third-order valence-corrected chi connectivity index (χ3v) is 5.75. The summed E-state index contributed by atoms with van der Waals surface area (Å²) in [5.41, 5.74) is 1.99. The van der Waals surface area contributed by atoms with Gasteiger partial charge < -0.3 is 15.5 Å². The van der Waals surface area contributed by atoms with Gasteiger partial charge in [0.05, 0.1) is 12.2 Å². The summed E-state index contributed by atoms with van der Waals surface area (Å²) >= 11 is 0. The maximum absolute atomic E-state index is 14.5. The molecule has 32 heavy (non-hydrogen) atoms. The molecule has 3 aromatic rings. The molecule has 0 bridgehead atoms. The van der Waals surface area contributed by atoms with Crippen LogP contribution in [0.5, 0.6) is 0 Å². The maximum atomic E-state index is 14.5. The van der Waals surface area contributed by atoms with E-state index in [9.17, 15) is 13.6 Å². The number of rotatable bonds is 4. The third-order valence-electron chi connectivity index (χ3n) is 5.75. The normalized spacial score (nSPS) is 18.8. The molecule has 164 valence electrons. The molecular weight excluding hydrogens is 414 g/mol. The van der Waals surface area contributed by atoms with E-state index < -0.39 is 6.03 Å². The van der Waals surface area contributed by atoms with Crippen molar-refractivity contribution >= 4 is 28.9 Å². The maximum Gasteiger partial charge on any atom is 0.323 e. The van der Waals surface area contributed by atoms with Gasteiger partial charge in [-0.05, 0) is 37.1 Å². The minimum Gasteiger partial charge on any atom is -0.349 e. The molecule has 2 aliphatic rings. The molecule has 1 aliphatic carbocycles. The summed E-state index contributed by atoms with van der Waals surface area (Å²) in [6, 6.07) is 10.2. The number of hydrogen-bond acceptors (Lipinski definition) is 4. The van der Waals surface area contributed by atoms with E-state index in [0.29, 0.717) is 35.0 Å². The van der Waals surface area contributed by atoms with Crippen LogP contribution < -0.4 is 15.5 Å². The van der Waals surface area contributed by atoms with E-state index in [0.717, 1.165) is 12.8 Å². The number of para-hydroxylation sites is 1. The molecule has 1 fully saturated rings. The number of allylic oxidation sites excluding steroid dienone is 2. The highest BCUT2D eigenvalue weighted by Crippen LogP contribution is 2.36. The fourth-order valence-electron chi connectivity index (χ4n) is 4.25. The van der Waals surface area contributed by atoms with Gasteiger partial charge in [0.15, 0.2) is 5.65 Å². The standard InChI is InChI=1S/C23H22F2N6O/c24-15-8-9-18(25)17(13-15)20-7-4-11-30(20)21-10-12-31-22(29-21)19(14-26-31)28-23(32)27-16-5-2-1-3-6-16/h1-3,5-6,10,12-14,20H,4,7-9,11H2,(H2,27,28,32)/t20-/m1/s1. The predicted molar refractivity (Wildman–Crippen MR) is 119 cm³/mol. The van der Waals surface area contributed by atoms with E-state index in [-0.39, 0.29) is 30.5 Å². The zero-order chi connectivity index (χ0) is 22.1. The fourth-order valence-corrected chi connectivity index (χ4v) is 4.25. The van der Waals surface area contributed by atoms with Gasteiger partial charge in [0.1, 0.15) is 23.2 Å². The second-order valence-corrected chi connectivity index (χ2v) is 7.86. The van der Waals surface area contributed by atoms with Crippen LogP contribution in [0.15, 0.2) is 72.1 Å². The summed E-state index contributed by atoms with van der Waals surface area (Å²) in [5.74, 6) is 0.0868. The summed E-state index contributed by atoms with van der Waals surface area (Å²) in [4.78, 5) is 19.1. The number of anilines is 3. The predicted octanol–water partition coefficient (Wildman–Crippen LogP) is 5.21. The summed E-state index contributed by atoms with van der Waals surface area (Å²) in [6.45, 7) is 0.686. The van der Waals surface area contributed by atoms with Crippen LogP contribution in [0.25, 0.3) is 5.65 Å². The van der Waals surface area contributed by atoms with Crippen LogP contribution in [0.1, 0.15) is 25.7 Å². The lowest BCUT2D eigenvalue weighted by molar-refractivity contribution is 0.262. The van der Waals surface area contributed by atoms with Crippen molar-refractivity contribution in [1.29, 1.82) is 0 Å². The number of benzene rings is 1. The number of carbonyl (C=O) groups excluding carboxylic acids is 1. The lowest BCUT2D eigenvalue weighted by atomic mass is 9.96. The Labute approximate surface area is 183 Å². The average Bonchev–Trinajstić information content (AvgIpc) is 3.43. The van der Waals surface area contributed by atoms with Crippen LogP contribution in [0.4, 0.5) is 30.8 Å². The number of nitrogens with zero attached hydrogens (tertiary/aromatic N) is 4. The van der Waals surface area contributed by atoms with Gasteiger partial charge in [-0.1, -0.05) is 18.2 Å². The highest BCUT2D eigenvalue weighted by atomic mass is 19.1. The SMILES string of the molecule is O=C(Nc1ccccc1)Nc1cnn2ccc(N3CCC[C@@H]3C3=C(F)CCC(F)=C3)nc12. The average molecular weight is 436 g/mol. The molecule has 0 spiro atoms. The number of halogens is 2. The lowest BCUT2D eigenvalue weighted by Crippen LogP contribution is -2.32. The van der Waals surface area contributed by atoms with Crippen molar-refractivity contribution in [2.45, 2.75) is 31.7 Å². The molecule has 0 saturated carbocycles. The van der Waals surface area contributed by atoms with Crippen LogP contribution in [0.2, 0.25) is 0 Å². The highest BCUT2D eigenvalue weighted by Gasteiger charge is 2.32. The first-order valence-corrected chi connectivity index (χ1v) is 10.6. The van der Waals surface area contributed by atoms with Crippen molar-refractivity contribution in [3.8, 4) is 0 Å². The Kier molecular flexibility index (Phi) is 5.30. The monoisotopic (exact) mass is 436 g/mol.